The van der Waals surface area contributed by atoms with Crippen molar-refractivity contribution in [1.82, 2.24) is 9.97 Å². The first-order chi connectivity index (χ1) is 9.65. The van der Waals surface area contributed by atoms with Crippen LogP contribution in [0.4, 0.5) is 11.5 Å². The molecule has 0 fully saturated rings. The molecule has 100 valence electrons. The first-order valence-corrected chi connectivity index (χ1v) is 5.80. The van der Waals surface area contributed by atoms with E-state index >= 15 is 0 Å². The fourth-order valence-corrected chi connectivity index (χ4v) is 1.61. The molecule has 0 saturated heterocycles. The Bertz CT molecular complexity index is 662. The van der Waals surface area contributed by atoms with Crippen LogP contribution in [0.2, 0.25) is 0 Å². The van der Waals surface area contributed by atoms with Gasteiger partial charge in [0.2, 0.25) is 0 Å². The summed E-state index contributed by atoms with van der Waals surface area (Å²) in [6, 6.07) is 9.07. The third-order valence-corrected chi connectivity index (χ3v) is 2.74. The summed E-state index contributed by atoms with van der Waals surface area (Å²) < 4.78 is 4.61. The quantitative estimate of drug-likeness (QED) is 0.791. The Morgan fingerprint density at radius 1 is 1.30 bits per heavy atom. The SMILES string of the molecule is COC(=O)c1cncc(N(C)c2ccc(C#N)cc2)n1. The van der Waals surface area contributed by atoms with Gasteiger partial charge >= 0.3 is 5.97 Å². The largest absolute Gasteiger partial charge is 0.464 e. The molecule has 6 nitrogen and oxygen atoms in total. The normalized spacial score (nSPS) is 9.65. The van der Waals surface area contributed by atoms with Gasteiger partial charge in [0.25, 0.3) is 0 Å². The Morgan fingerprint density at radius 2 is 2.00 bits per heavy atom. The summed E-state index contributed by atoms with van der Waals surface area (Å²) in [5, 5.41) is 8.77. The Labute approximate surface area is 116 Å². The van der Waals surface area contributed by atoms with Gasteiger partial charge in [0.1, 0.15) is 0 Å². The van der Waals surface area contributed by atoms with Crippen LogP contribution in [-0.4, -0.2) is 30.1 Å². The van der Waals surface area contributed by atoms with Crippen molar-refractivity contribution in [3.05, 3.63) is 47.9 Å². The van der Waals surface area contributed by atoms with Crippen LogP contribution in [0.15, 0.2) is 36.7 Å². The smallest absolute Gasteiger partial charge is 0.358 e. The lowest BCUT2D eigenvalue weighted by Crippen LogP contribution is -2.14. The highest BCUT2D eigenvalue weighted by atomic mass is 16.5. The molecule has 0 radical (unpaired) electrons. The lowest BCUT2D eigenvalue weighted by Gasteiger charge is -2.18. The zero-order chi connectivity index (χ0) is 14.5. The summed E-state index contributed by atoms with van der Waals surface area (Å²) in [7, 11) is 3.09. The van der Waals surface area contributed by atoms with Crippen LogP contribution >= 0.6 is 0 Å². The van der Waals surface area contributed by atoms with E-state index in [0.29, 0.717) is 11.4 Å². The Balaban J connectivity index is 2.30. The van der Waals surface area contributed by atoms with E-state index in [4.69, 9.17) is 5.26 Å². The fraction of sp³-hybridized carbons (Fsp3) is 0.143. The zero-order valence-corrected chi connectivity index (χ0v) is 11.1. The van der Waals surface area contributed by atoms with E-state index in [9.17, 15) is 4.79 Å². The molecule has 2 aromatic rings. The van der Waals surface area contributed by atoms with Crippen LogP contribution in [0, 0.1) is 11.3 Å². The van der Waals surface area contributed by atoms with Gasteiger partial charge in [-0.3, -0.25) is 4.98 Å². The first kappa shape index (κ1) is 13.5. The van der Waals surface area contributed by atoms with Crippen LogP contribution in [0.1, 0.15) is 16.1 Å². The molecule has 1 aromatic carbocycles. The molecule has 1 heterocycles. The van der Waals surface area contributed by atoms with Crippen molar-refractivity contribution in [2.75, 3.05) is 19.1 Å². The molecule has 0 aliphatic carbocycles. The molecule has 6 heteroatoms. The van der Waals surface area contributed by atoms with Gasteiger partial charge in [-0.1, -0.05) is 0 Å². The minimum Gasteiger partial charge on any atom is -0.464 e. The van der Waals surface area contributed by atoms with Crippen molar-refractivity contribution < 1.29 is 9.53 Å². The second kappa shape index (κ2) is 5.80. The van der Waals surface area contributed by atoms with Crippen LogP contribution in [0.3, 0.4) is 0 Å². The highest BCUT2D eigenvalue weighted by Gasteiger charge is 2.11. The van der Waals surface area contributed by atoms with E-state index in [2.05, 4.69) is 20.8 Å². The molecule has 0 bridgehead atoms. The van der Waals surface area contributed by atoms with Gasteiger partial charge in [-0.2, -0.15) is 5.26 Å². The summed E-state index contributed by atoms with van der Waals surface area (Å²) in [5.74, 6) is -0.0230. The molecule has 0 atom stereocenters. The van der Waals surface area contributed by atoms with Gasteiger partial charge in [-0.25, -0.2) is 9.78 Å². The number of esters is 1. The van der Waals surface area contributed by atoms with Gasteiger partial charge in [0.05, 0.1) is 31.1 Å². The summed E-state index contributed by atoms with van der Waals surface area (Å²) in [4.78, 5) is 21.4. The van der Waals surface area contributed by atoms with Crippen LogP contribution < -0.4 is 4.90 Å². The lowest BCUT2D eigenvalue weighted by atomic mass is 10.2. The average Bonchev–Trinajstić information content (AvgIpc) is 2.53. The topological polar surface area (TPSA) is 79.1 Å². The number of rotatable bonds is 3. The van der Waals surface area contributed by atoms with Crippen molar-refractivity contribution in [2.24, 2.45) is 0 Å². The van der Waals surface area contributed by atoms with E-state index in [1.54, 1.807) is 42.4 Å². The van der Waals surface area contributed by atoms with Crippen molar-refractivity contribution in [3.63, 3.8) is 0 Å². The number of aromatic nitrogens is 2. The highest BCUT2D eigenvalue weighted by Crippen LogP contribution is 2.21. The Hall–Kier alpha value is -2.94. The number of hydrogen-bond donors (Lipinski definition) is 0. The van der Waals surface area contributed by atoms with Gasteiger partial charge in [-0.15, -0.1) is 0 Å². The van der Waals surface area contributed by atoms with Crippen molar-refractivity contribution in [1.29, 1.82) is 5.26 Å². The Kier molecular flexibility index (Phi) is 3.91. The molecule has 20 heavy (non-hydrogen) atoms. The number of anilines is 2. The number of benzene rings is 1. The van der Waals surface area contributed by atoms with Crippen LogP contribution in [-0.2, 0) is 4.74 Å². The lowest BCUT2D eigenvalue weighted by molar-refractivity contribution is 0.0593. The summed E-state index contributed by atoms with van der Waals surface area (Å²) >= 11 is 0. The van der Waals surface area contributed by atoms with E-state index < -0.39 is 5.97 Å². The minimum atomic E-state index is -0.535. The first-order valence-electron chi connectivity index (χ1n) is 5.80. The van der Waals surface area contributed by atoms with Gasteiger partial charge in [-0.05, 0) is 24.3 Å². The average molecular weight is 268 g/mol. The van der Waals surface area contributed by atoms with Crippen LogP contribution in [0.25, 0.3) is 0 Å². The third-order valence-electron chi connectivity index (χ3n) is 2.74. The molecule has 0 amide bonds. The molecular formula is C14H12N4O2. The van der Waals surface area contributed by atoms with E-state index in [-0.39, 0.29) is 5.69 Å². The number of nitrogens with zero attached hydrogens (tertiary/aromatic N) is 4. The predicted molar refractivity (Wildman–Crippen MR) is 72.6 cm³/mol. The number of carbonyl (C=O) groups excluding carboxylic acids is 1. The molecule has 0 aliphatic rings. The summed E-state index contributed by atoms with van der Waals surface area (Å²) in [6.07, 6.45) is 2.90. The number of ether oxygens (including phenoxy) is 1. The molecular weight excluding hydrogens is 256 g/mol. The number of hydrogen-bond acceptors (Lipinski definition) is 6. The molecule has 0 saturated carbocycles. The summed E-state index contributed by atoms with van der Waals surface area (Å²) in [6.45, 7) is 0. The maximum absolute atomic E-state index is 11.4. The second-order valence-corrected chi connectivity index (χ2v) is 3.97. The standard InChI is InChI=1S/C14H12N4O2/c1-18(11-5-3-10(7-15)4-6-11)13-9-16-8-12(17-13)14(19)20-2/h3-6,8-9H,1-2H3. The molecule has 0 spiro atoms. The second-order valence-electron chi connectivity index (χ2n) is 3.97. The van der Waals surface area contributed by atoms with Crippen LogP contribution in [0.5, 0.6) is 0 Å². The van der Waals surface area contributed by atoms with Gasteiger partial charge in [0.15, 0.2) is 11.5 Å². The number of carbonyl (C=O) groups is 1. The molecule has 0 N–H and O–H groups in total. The van der Waals surface area contributed by atoms with Crippen molar-refractivity contribution >= 4 is 17.5 Å². The number of methoxy groups -OCH3 is 1. The van der Waals surface area contributed by atoms with E-state index in [1.807, 2.05) is 0 Å². The van der Waals surface area contributed by atoms with Crippen molar-refractivity contribution in [2.45, 2.75) is 0 Å². The minimum absolute atomic E-state index is 0.144. The molecule has 0 unspecified atom stereocenters. The van der Waals surface area contributed by atoms with E-state index in [1.165, 1.54) is 13.3 Å². The fourth-order valence-electron chi connectivity index (χ4n) is 1.61. The van der Waals surface area contributed by atoms with Gasteiger partial charge in [0, 0.05) is 12.7 Å². The van der Waals surface area contributed by atoms with E-state index in [0.717, 1.165) is 5.69 Å². The maximum Gasteiger partial charge on any atom is 0.358 e. The molecule has 0 aliphatic heterocycles. The Morgan fingerprint density at radius 3 is 2.60 bits per heavy atom. The highest BCUT2D eigenvalue weighted by molar-refractivity contribution is 5.87. The predicted octanol–water partition coefficient (Wildman–Crippen LogP) is 1.90. The summed E-state index contributed by atoms with van der Waals surface area (Å²) in [5.41, 5.74) is 1.56. The van der Waals surface area contributed by atoms with Crippen molar-refractivity contribution in [3.8, 4) is 6.07 Å². The number of nitriles is 1. The molecule has 2 rings (SSSR count). The zero-order valence-electron chi connectivity index (χ0n) is 11.1. The molecule has 1 aromatic heterocycles. The van der Waals surface area contributed by atoms with Gasteiger partial charge < -0.3 is 9.64 Å². The third kappa shape index (κ3) is 2.72. The maximum atomic E-state index is 11.4. The monoisotopic (exact) mass is 268 g/mol.